The van der Waals surface area contributed by atoms with E-state index in [9.17, 15) is 19.7 Å². The van der Waals surface area contributed by atoms with E-state index in [2.05, 4.69) is 10.1 Å². The number of nitriles is 1. The Balaban J connectivity index is 2.36. The Kier molecular flexibility index (Phi) is 4.87. The van der Waals surface area contributed by atoms with Crippen molar-refractivity contribution in [3.05, 3.63) is 69.3 Å². The zero-order chi connectivity index (χ0) is 17.7. The number of methoxy groups -OCH3 is 1. The van der Waals surface area contributed by atoms with E-state index >= 15 is 0 Å². The molecule has 0 spiro atoms. The molecule has 0 heterocycles. The van der Waals surface area contributed by atoms with Crippen molar-refractivity contribution in [3.8, 4) is 6.07 Å². The third-order valence-electron chi connectivity index (χ3n) is 3.13. The van der Waals surface area contributed by atoms with Crippen LogP contribution in [0.25, 0.3) is 0 Å². The average Bonchev–Trinajstić information content (AvgIpc) is 2.61. The molecule has 0 aliphatic carbocycles. The molecule has 0 aliphatic heterocycles. The van der Waals surface area contributed by atoms with Gasteiger partial charge in [-0.15, -0.1) is 0 Å². The molecule has 0 atom stereocenters. The van der Waals surface area contributed by atoms with Gasteiger partial charge in [0.2, 0.25) is 0 Å². The van der Waals surface area contributed by atoms with Crippen molar-refractivity contribution in [1.29, 1.82) is 5.26 Å². The number of benzene rings is 2. The van der Waals surface area contributed by atoms with Gasteiger partial charge >= 0.3 is 5.97 Å². The summed E-state index contributed by atoms with van der Waals surface area (Å²) in [5.41, 5.74) is 0.0811. The lowest BCUT2D eigenvalue weighted by Gasteiger charge is -2.07. The van der Waals surface area contributed by atoms with Gasteiger partial charge in [-0.05, 0) is 36.4 Å². The SMILES string of the molecule is COC(=O)c1ccc([N+](=O)[O-])c(C(=O)Nc2ccc(C#N)cc2)c1. The van der Waals surface area contributed by atoms with Crippen LogP contribution in [0.2, 0.25) is 0 Å². The van der Waals surface area contributed by atoms with Crippen molar-refractivity contribution in [2.24, 2.45) is 0 Å². The first-order valence-electron chi connectivity index (χ1n) is 6.64. The molecule has 1 N–H and O–H groups in total. The summed E-state index contributed by atoms with van der Waals surface area (Å²) in [5, 5.41) is 22.3. The summed E-state index contributed by atoms with van der Waals surface area (Å²) in [5.74, 6) is -1.46. The number of nitrogens with one attached hydrogen (secondary N) is 1. The molecule has 0 aliphatic rings. The zero-order valence-corrected chi connectivity index (χ0v) is 12.5. The Hall–Kier alpha value is -3.73. The number of nitro groups is 1. The summed E-state index contributed by atoms with van der Waals surface area (Å²) in [6.07, 6.45) is 0. The zero-order valence-electron chi connectivity index (χ0n) is 12.5. The molecule has 0 saturated heterocycles. The minimum Gasteiger partial charge on any atom is -0.465 e. The summed E-state index contributed by atoms with van der Waals surface area (Å²) in [6, 6.07) is 11.3. The normalized spacial score (nSPS) is 9.67. The average molecular weight is 325 g/mol. The maximum absolute atomic E-state index is 12.3. The van der Waals surface area contributed by atoms with Gasteiger partial charge in [0.05, 0.1) is 29.2 Å². The fourth-order valence-corrected chi connectivity index (χ4v) is 1.95. The van der Waals surface area contributed by atoms with Crippen LogP contribution in [0.4, 0.5) is 11.4 Å². The number of amides is 1. The molecule has 2 rings (SSSR count). The van der Waals surface area contributed by atoms with Crippen molar-refractivity contribution in [1.82, 2.24) is 0 Å². The molecule has 0 aromatic heterocycles. The van der Waals surface area contributed by atoms with Crippen LogP contribution in [0.3, 0.4) is 0 Å². The number of hydrogen-bond donors (Lipinski definition) is 1. The fourth-order valence-electron chi connectivity index (χ4n) is 1.95. The maximum Gasteiger partial charge on any atom is 0.337 e. The van der Waals surface area contributed by atoms with Gasteiger partial charge in [-0.2, -0.15) is 5.26 Å². The van der Waals surface area contributed by atoms with Crippen LogP contribution < -0.4 is 5.32 Å². The van der Waals surface area contributed by atoms with Crippen LogP contribution in [0.1, 0.15) is 26.3 Å². The molecular weight excluding hydrogens is 314 g/mol. The first kappa shape index (κ1) is 16.6. The smallest absolute Gasteiger partial charge is 0.337 e. The minimum atomic E-state index is -0.753. The van der Waals surface area contributed by atoms with Gasteiger partial charge in [-0.25, -0.2) is 4.79 Å². The number of carbonyl (C=O) groups is 2. The molecule has 2 aromatic carbocycles. The van der Waals surface area contributed by atoms with Gasteiger partial charge < -0.3 is 10.1 Å². The Morgan fingerprint density at radius 2 is 1.88 bits per heavy atom. The molecule has 2 aromatic rings. The quantitative estimate of drug-likeness (QED) is 0.523. The first-order valence-corrected chi connectivity index (χ1v) is 6.64. The van der Waals surface area contributed by atoms with Gasteiger partial charge in [-0.3, -0.25) is 14.9 Å². The molecule has 0 fully saturated rings. The van der Waals surface area contributed by atoms with Crippen LogP contribution >= 0.6 is 0 Å². The lowest BCUT2D eigenvalue weighted by atomic mass is 10.1. The summed E-state index contributed by atoms with van der Waals surface area (Å²) < 4.78 is 4.54. The molecule has 1 amide bonds. The van der Waals surface area contributed by atoms with E-state index in [0.29, 0.717) is 11.3 Å². The number of nitro benzene ring substituents is 1. The molecule has 0 radical (unpaired) electrons. The van der Waals surface area contributed by atoms with Gasteiger partial charge in [0.1, 0.15) is 5.56 Å². The predicted octanol–water partition coefficient (Wildman–Crippen LogP) is 2.51. The lowest BCUT2D eigenvalue weighted by Crippen LogP contribution is -2.15. The van der Waals surface area contributed by atoms with Gasteiger partial charge in [0.15, 0.2) is 0 Å². The van der Waals surface area contributed by atoms with E-state index in [-0.39, 0.29) is 11.1 Å². The Morgan fingerprint density at radius 3 is 2.42 bits per heavy atom. The number of anilines is 1. The fraction of sp³-hybridized carbons (Fsp3) is 0.0625. The second kappa shape index (κ2) is 7.02. The van der Waals surface area contributed by atoms with Gasteiger partial charge in [0, 0.05) is 11.8 Å². The van der Waals surface area contributed by atoms with Crippen LogP contribution in [-0.2, 0) is 4.74 Å². The van der Waals surface area contributed by atoms with E-state index in [1.165, 1.54) is 37.4 Å². The minimum absolute atomic E-state index is 0.0214. The van der Waals surface area contributed by atoms with E-state index < -0.39 is 22.5 Å². The number of carbonyl (C=O) groups excluding carboxylic acids is 2. The molecular formula is C16H11N3O5. The summed E-state index contributed by atoms with van der Waals surface area (Å²) in [4.78, 5) is 34.2. The standard InChI is InChI=1S/C16H11N3O5/c1-24-16(21)11-4-7-14(19(22)23)13(8-11)15(20)18-12-5-2-10(9-17)3-6-12/h2-8H,1H3,(H,18,20). The monoisotopic (exact) mass is 325 g/mol. The van der Waals surface area contributed by atoms with Crippen LogP contribution in [-0.4, -0.2) is 23.9 Å². The summed E-state index contributed by atoms with van der Waals surface area (Å²) >= 11 is 0. The number of ether oxygens (including phenoxy) is 1. The Bertz CT molecular complexity index is 853. The van der Waals surface area contributed by atoms with E-state index in [1.54, 1.807) is 0 Å². The number of hydrogen-bond acceptors (Lipinski definition) is 6. The highest BCUT2D eigenvalue weighted by molar-refractivity contribution is 6.08. The van der Waals surface area contributed by atoms with E-state index in [0.717, 1.165) is 12.1 Å². The molecule has 0 saturated carbocycles. The highest BCUT2D eigenvalue weighted by Crippen LogP contribution is 2.22. The number of rotatable bonds is 4. The Labute approximate surface area is 136 Å². The van der Waals surface area contributed by atoms with Crippen LogP contribution in [0.5, 0.6) is 0 Å². The molecule has 0 bridgehead atoms. The largest absolute Gasteiger partial charge is 0.465 e. The number of nitrogens with zero attached hydrogens (tertiary/aromatic N) is 2. The van der Waals surface area contributed by atoms with Crippen molar-refractivity contribution in [2.45, 2.75) is 0 Å². The van der Waals surface area contributed by atoms with Gasteiger partial charge in [-0.1, -0.05) is 0 Å². The third kappa shape index (κ3) is 3.53. The molecule has 120 valence electrons. The van der Waals surface area contributed by atoms with Crippen molar-refractivity contribution in [3.63, 3.8) is 0 Å². The van der Waals surface area contributed by atoms with E-state index in [4.69, 9.17) is 5.26 Å². The highest BCUT2D eigenvalue weighted by atomic mass is 16.6. The van der Waals surface area contributed by atoms with Crippen LogP contribution in [0, 0.1) is 21.4 Å². The second-order valence-electron chi connectivity index (χ2n) is 4.62. The lowest BCUT2D eigenvalue weighted by molar-refractivity contribution is -0.385. The summed E-state index contributed by atoms with van der Waals surface area (Å²) in [7, 11) is 1.17. The Morgan fingerprint density at radius 1 is 1.21 bits per heavy atom. The van der Waals surface area contributed by atoms with Crippen LogP contribution in [0.15, 0.2) is 42.5 Å². The molecule has 0 unspecified atom stereocenters. The van der Waals surface area contributed by atoms with Gasteiger partial charge in [0.25, 0.3) is 11.6 Å². The molecule has 24 heavy (non-hydrogen) atoms. The highest BCUT2D eigenvalue weighted by Gasteiger charge is 2.22. The number of esters is 1. The summed E-state index contributed by atoms with van der Waals surface area (Å²) in [6.45, 7) is 0. The van der Waals surface area contributed by atoms with E-state index in [1.807, 2.05) is 6.07 Å². The van der Waals surface area contributed by atoms with Crippen molar-refractivity contribution in [2.75, 3.05) is 12.4 Å². The third-order valence-corrected chi connectivity index (χ3v) is 3.13. The topological polar surface area (TPSA) is 122 Å². The van der Waals surface area contributed by atoms with Crippen molar-refractivity contribution < 1.29 is 19.2 Å². The maximum atomic E-state index is 12.3. The second-order valence-corrected chi connectivity index (χ2v) is 4.62. The molecule has 8 heteroatoms. The van der Waals surface area contributed by atoms with Crippen molar-refractivity contribution >= 4 is 23.3 Å². The predicted molar refractivity (Wildman–Crippen MR) is 83.5 cm³/mol. The molecule has 8 nitrogen and oxygen atoms in total. The first-order chi connectivity index (χ1) is 11.5.